The fourth-order valence-electron chi connectivity index (χ4n) is 3.02. The van der Waals surface area contributed by atoms with Crippen LogP contribution in [0.2, 0.25) is 0 Å². The fourth-order valence-corrected chi connectivity index (χ4v) is 3.02. The lowest BCUT2D eigenvalue weighted by molar-refractivity contribution is 0.250. The zero-order valence-electron chi connectivity index (χ0n) is 16.3. The molecule has 1 aliphatic rings. The first kappa shape index (κ1) is 19.7. The third-order valence-electron chi connectivity index (χ3n) is 4.06. The molecule has 1 aromatic heterocycles. The van der Waals surface area contributed by atoms with Crippen LogP contribution >= 0.6 is 0 Å². The number of nitrogens with zero attached hydrogens (tertiary/aromatic N) is 4. The van der Waals surface area contributed by atoms with Gasteiger partial charge in [-0.3, -0.25) is 10.3 Å². The van der Waals surface area contributed by atoms with Crippen molar-refractivity contribution in [2.45, 2.75) is 47.7 Å². The van der Waals surface area contributed by atoms with Crippen molar-refractivity contribution in [2.75, 3.05) is 5.06 Å². The molecule has 2 heterocycles. The molecule has 0 fully saturated rings. The van der Waals surface area contributed by atoms with Gasteiger partial charge in [0, 0.05) is 17.7 Å². The van der Waals surface area contributed by atoms with Gasteiger partial charge in [-0.15, -0.1) is 5.10 Å². The Labute approximate surface area is 155 Å². The summed E-state index contributed by atoms with van der Waals surface area (Å²) < 4.78 is 1.88. The van der Waals surface area contributed by atoms with Crippen LogP contribution in [0, 0.1) is 0 Å². The van der Waals surface area contributed by atoms with Crippen molar-refractivity contribution in [3.8, 4) is 22.5 Å². The van der Waals surface area contributed by atoms with Crippen molar-refractivity contribution < 1.29 is 5.21 Å². The van der Waals surface area contributed by atoms with E-state index >= 15 is 0 Å². The molecule has 1 aliphatic heterocycles. The minimum atomic E-state index is 0.422. The van der Waals surface area contributed by atoms with E-state index in [-0.39, 0.29) is 0 Å². The van der Waals surface area contributed by atoms with E-state index in [1.165, 1.54) is 5.06 Å². The number of anilines is 1. The average molecular weight is 352 g/mol. The highest BCUT2D eigenvalue weighted by Gasteiger charge is 2.25. The topological polar surface area (TPSA) is 54.2 Å². The van der Waals surface area contributed by atoms with Crippen molar-refractivity contribution >= 4 is 5.69 Å². The number of hydrogen-bond donors (Lipinski definition) is 1. The van der Waals surface area contributed by atoms with E-state index in [9.17, 15) is 5.21 Å². The normalized spacial score (nSPS) is 11.4. The molecule has 138 valence electrons. The van der Waals surface area contributed by atoms with Gasteiger partial charge in [-0.05, 0) is 18.6 Å². The van der Waals surface area contributed by atoms with Crippen LogP contribution in [0.5, 0.6) is 0 Å². The maximum atomic E-state index is 10.5. The molecule has 5 nitrogen and oxygen atoms in total. The van der Waals surface area contributed by atoms with E-state index < -0.39 is 0 Å². The number of benzene rings is 2. The van der Waals surface area contributed by atoms with Crippen molar-refractivity contribution in [2.24, 2.45) is 0 Å². The molecule has 5 heteroatoms. The largest absolute Gasteiger partial charge is 0.288 e. The van der Waals surface area contributed by atoms with Crippen molar-refractivity contribution in [3.05, 3.63) is 54.1 Å². The Morgan fingerprint density at radius 3 is 2.23 bits per heavy atom. The third-order valence-corrected chi connectivity index (χ3v) is 4.06. The lowest BCUT2D eigenvalue weighted by Crippen LogP contribution is -2.20. The van der Waals surface area contributed by atoms with Gasteiger partial charge in [0.1, 0.15) is 5.69 Å². The maximum absolute atomic E-state index is 10.5. The Balaban J connectivity index is 0.000000570. The standard InChI is InChI=1S/C17H16N4O.2C2H6/c1-2-20-17-14-9-5-6-10-15(14)21(22)11-12-7-3-4-8-13(12)16(17)18-19-20;2*1-2/h3-10,22H,2,11H2,1H3;2*1-2H3. The highest BCUT2D eigenvalue weighted by atomic mass is 16.5. The zero-order valence-corrected chi connectivity index (χ0v) is 16.3. The molecule has 0 aliphatic carbocycles. The number of fused-ring (bicyclic) bond motifs is 5. The molecule has 4 rings (SSSR count). The Hall–Kier alpha value is -2.66. The highest BCUT2D eigenvalue weighted by molar-refractivity contribution is 5.87. The van der Waals surface area contributed by atoms with Crippen LogP contribution in [0.1, 0.15) is 40.2 Å². The van der Waals surface area contributed by atoms with E-state index in [2.05, 4.69) is 10.3 Å². The molecule has 26 heavy (non-hydrogen) atoms. The highest BCUT2D eigenvalue weighted by Crippen LogP contribution is 2.40. The first-order valence-corrected chi connectivity index (χ1v) is 9.37. The lowest BCUT2D eigenvalue weighted by Gasteiger charge is -2.24. The predicted octanol–water partition coefficient (Wildman–Crippen LogP) is 5.39. The smallest absolute Gasteiger partial charge is 0.121 e. The van der Waals surface area contributed by atoms with Crippen LogP contribution in [-0.2, 0) is 13.1 Å². The van der Waals surface area contributed by atoms with Crippen LogP contribution in [0.15, 0.2) is 48.5 Å². The monoisotopic (exact) mass is 352 g/mol. The van der Waals surface area contributed by atoms with E-state index in [1.807, 2.05) is 87.8 Å². The molecule has 0 radical (unpaired) electrons. The Kier molecular flexibility index (Phi) is 6.92. The molecule has 0 bridgehead atoms. The van der Waals surface area contributed by atoms with Crippen LogP contribution in [0.4, 0.5) is 5.69 Å². The molecule has 0 saturated carbocycles. The van der Waals surface area contributed by atoms with Crippen LogP contribution in [-0.4, -0.2) is 20.2 Å². The SMILES string of the molecule is CC.CC.CCn1nnc2c1-c1ccccc1N(O)Cc1ccccc1-2. The van der Waals surface area contributed by atoms with Gasteiger partial charge in [-0.2, -0.15) is 0 Å². The van der Waals surface area contributed by atoms with Gasteiger partial charge in [0.15, 0.2) is 0 Å². The van der Waals surface area contributed by atoms with Crippen molar-refractivity contribution in [1.29, 1.82) is 0 Å². The molecule has 2 aromatic carbocycles. The minimum absolute atomic E-state index is 0.422. The summed E-state index contributed by atoms with van der Waals surface area (Å²) in [4.78, 5) is 0. The molecule has 1 N–H and O–H groups in total. The van der Waals surface area contributed by atoms with E-state index in [1.54, 1.807) is 0 Å². The molecule has 0 atom stereocenters. The Morgan fingerprint density at radius 1 is 0.923 bits per heavy atom. The van der Waals surface area contributed by atoms with Gasteiger partial charge >= 0.3 is 0 Å². The summed E-state index contributed by atoms with van der Waals surface area (Å²) in [6.07, 6.45) is 0. The van der Waals surface area contributed by atoms with Gasteiger partial charge in [-0.1, -0.05) is 75.4 Å². The number of hydroxylamine groups is 1. The second-order valence-electron chi connectivity index (χ2n) is 5.33. The summed E-state index contributed by atoms with van der Waals surface area (Å²) in [7, 11) is 0. The number of aromatic nitrogens is 3. The maximum Gasteiger partial charge on any atom is 0.121 e. The summed E-state index contributed by atoms with van der Waals surface area (Å²) in [5.74, 6) is 0. The summed E-state index contributed by atoms with van der Waals surface area (Å²) >= 11 is 0. The molecular formula is C21H28N4O. The van der Waals surface area contributed by atoms with Gasteiger partial charge in [-0.25, -0.2) is 4.68 Å². The lowest BCUT2D eigenvalue weighted by atomic mass is 9.96. The molecule has 0 spiro atoms. The number of rotatable bonds is 1. The summed E-state index contributed by atoms with van der Waals surface area (Å²) in [6.45, 7) is 11.2. The Bertz CT molecular complexity index is 842. The number of hydrogen-bond acceptors (Lipinski definition) is 4. The quantitative estimate of drug-likeness (QED) is 0.637. The molecule has 0 amide bonds. The molecule has 0 unspecified atom stereocenters. The van der Waals surface area contributed by atoms with E-state index in [0.717, 1.165) is 40.3 Å². The third kappa shape index (κ3) is 3.48. The second kappa shape index (κ2) is 9.15. The number of aryl methyl sites for hydroxylation is 1. The van der Waals surface area contributed by atoms with Gasteiger partial charge in [0.2, 0.25) is 0 Å². The van der Waals surface area contributed by atoms with Crippen LogP contribution < -0.4 is 5.06 Å². The molecule has 0 saturated heterocycles. The van der Waals surface area contributed by atoms with E-state index in [0.29, 0.717) is 6.54 Å². The van der Waals surface area contributed by atoms with Crippen LogP contribution in [0.3, 0.4) is 0 Å². The van der Waals surface area contributed by atoms with Gasteiger partial charge in [0.05, 0.1) is 17.9 Å². The summed E-state index contributed by atoms with van der Waals surface area (Å²) in [6, 6.07) is 15.8. The average Bonchev–Trinajstić information content (AvgIpc) is 3.14. The fraction of sp³-hybridized carbons (Fsp3) is 0.333. The number of para-hydroxylation sites is 1. The van der Waals surface area contributed by atoms with Gasteiger partial charge < -0.3 is 0 Å². The summed E-state index contributed by atoms with van der Waals surface area (Å²) in [5.41, 5.74) is 5.59. The predicted molar refractivity (Wildman–Crippen MR) is 107 cm³/mol. The second-order valence-corrected chi connectivity index (χ2v) is 5.33. The van der Waals surface area contributed by atoms with Crippen molar-refractivity contribution in [3.63, 3.8) is 0 Å². The minimum Gasteiger partial charge on any atom is -0.288 e. The zero-order chi connectivity index (χ0) is 19.1. The van der Waals surface area contributed by atoms with Gasteiger partial charge in [0.25, 0.3) is 0 Å². The first-order valence-electron chi connectivity index (χ1n) is 9.37. The van der Waals surface area contributed by atoms with E-state index in [4.69, 9.17) is 0 Å². The summed E-state index contributed by atoms with van der Waals surface area (Å²) in [5, 5.41) is 20.5. The molecular weight excluding hydrogens is 324 g/mol. The van der Waals surface area contributed by atoms with Crippen molar-refractivity contribution in [1.82, 2.24) is 15.0 Å². The Morgan fingerprint density at radius 2 is 1.54 bits per heavy atom. The van der Waals surface area contributed by atoms with Crippen LogP contribution in [0.25, 0.3) is 22.5 Å². The first-order chi connectivity index (χ1) is 12.8. The molecule has 3 aromatic rings.